The van der Waals surface area contributed by atoms with E-state index in [1.54, 1.807) is 0 Å². The van der Waals surface area contributed by atoms with Crippen LogP contribution in [0.3, 0.4) is 0 Å². The molecule has 0 radical (unpaired) electrons. The molecule has 0 saturated heterocycles. The molecule has 1 N–H and O–H groups in total. The molecule has 17 heavy (non-hydrogen) atoms. The summed E-state index contributed by atoms with van der Waals surface area (Å²) in [6, 6.07) is 1.29. The zero-order chi connectivity index (χ0) is 23.5. The van der Waals surface area contributed by atoms with Crippen LogP contribution in [-0.4, -0.2) is 18.0 Å². The van der Waals surface area contributed by atoms with Crippen molar-refractivity contribution in [1.29, 1.82) is 0 Å². The summed E-state index contributed by atoms with van der Waals surface area (Å²) in [5, 5.41) is 10.6. The highest BCUT2D eigenvalue weighted by atomic mass is 16.7. The van der Waals surface area contributed by atoms with Crippen LogP contribution in [0, 0.1) is 5.41 Å². The molecule has 1 aromatic carbocycles. The zero-order valence-corrected chi connectivity index (χ0v) is 8.57. The summed E-state index contributed by atoms with van der Waals surface area (Å²) >= 11 is 0. The van der Waals surface area contributed by atoms with E-state index < -0.39 is 50.9 Å². The van der Waals surface area contributed by atoms with Crippen LogP contribution in [0.4, 0.5) is 0 Å². The lowest BCUT2D eigenvalue weighted by Crippen LogP contribution is -2.23. The Balaban J connectivity index is 2.65. The molecule has 1 aromatic rings. The van der Waals surface area contributed by atoms with E-state index in [0.717, 1.165) is 12.1 Å². The average molecular weight is 247 g/mol. The van der Waals surface area contributed by atoms with Gasteiger partial charge in [-0.2, -0.15) is 0 Å². The van der Waals surface area contributed by atoms with Crippen molar-refractivity contribution in [2.75, 3.05) is 6.75 Å². The Morgan fingerprint density at radius 1 is 1.47 bits per heavy atom. The molecule has 1 atom stereocenters. The molecular weight excluding hydrogens is 216 g/mol. The van der Waals surface area contributed by atoms with Gasteiger partial charge in [-0.05, 0) is 23.1 Å². The molecule has 0 fully saturated rings. The minimum atomic E-state index is -3.75. The topological polar surface area (TPSA) is 38.7 Å². The van der Waals surface area contributed by atoms with Crippen molar-refractivity contribution in [1.82, 2.24) is 0 Å². The molecule has 0 bridgehead atoms. The van der Waals surface area contributed by atoms with Crippen molar-refractivity contribution in [3.05, 3.63) is 29.8 Å². The average Bonchev–Trinajstić information content (AvgIpc) is 2.82. The van der Waals surface area contributed by atoms with Gasteiger partial charge in [-0.25, -0.2) is 0 Å². The second kappa shape index (κ2) is 4.41. The molecule has 0 saturated carbocycles. The Labute approximate surface area is 120 Å². The van der Waals surface area contributed by atoms with Crippen molar-refractivity contribution in [3.63, 3.8) is 0 Å². The van der Waals surface area contributed by atoms with Crippen molar-refractivity contribution in [2.24, 2.45) is 5.41 Å². The third kappa shape index (κ3) is 2.80. The predicted octanol–water partition coefficient (Wildman–Crippen LogP) is 2.84. The zero-order valence-electron chi connectivity index (χ0n) is 21.6. The van der Waals surface area contributed by atoms with Gasteiger partial charge >= 0.3 is 0 Å². The lowest BCUT2D eigenvalue weighted by molar-refractivity contribution is 0.106. The summed E-state index contributed by atoms with van der Waals surface area (Å²) in [7, 11) is 0. The van der Waals surface area contributed by atoms with Gasteiger partial charge in [0, 0.05) is 12.3 Å². The SMILES string of the molecule is [2H]/C(=C(/[2H])C(O)C(C([2H])([2H])[2H])(C([2H])([2H])[2H])C([2H])([2H])[2H])c1ccc2c(c1)OC([2H])([2H])O2. The first-order valence-electron chi connectivity index (χ1n) is 11.1. The molecule has 1 aliphatic heterocycles. The second-order valence-electron chi connectivity index (χ2n) is 3.43. The van der Waals surface area contributed by atoms with Crippen LogP contribution in [-0.2, 0) is 0 Å². The van der Waals surface area contributed by atoms with Crippen molar-refractivity contribution in [3.8, 4) is 11.5 Å². The Kier molecular flexibility index (Phi) is 0.975. The lowest BCUT2D eigenvalue weighted by Gasteiger charge is -2.22. The number of fused-ring (bicyclic) bond motifs is 1. The number of aliphatic hydroxyl groups excluding tert-OH is 1. The molecule has 2 rings (SSSR count). The Morgan fingerprint density at radius 2 is 2.24 bits per heavy atom. The van der Waals surface area contributed by atoms with E-state index in [2.05, 4.69) is 0 Å². The van der Waals surface area contributed by atoms with Crippen LogP contribution in [0.5, 0.6) is 11.5 Å². The molecular formula is C14H18O3. The Morgan fingerprint density at radius 3 is 3.00 bits per heavy atom. The predicted molar refractivity (Wildman–Crippen MR) is 67.1 cm³/mol. The minimum Gasteiger partial charge on any atom is -0.454 e. The van der Waals surface area contributed by atoms with E-state index in [4.69, 9.17) is 27.3 Å². The van der Waals surface area contributed by atoms with Crippen molar-refractivity contribution >= 4 is 6.05 Å². The number of rotatable bonds is 2. The number of aliphatic hydroxyl groups is 1. The molecule has 3 heteroatoms. The summed E-state index contributed by atoms with van der Waals surface area (Å²) < 4.78 is 109. The van der Waals surface area contributed by atoms with Crippen LogP contribution in [0.15, 0.2) is 24.3 Å². The fourth-order valence-electron chi connectivity index (χ4n) is 1.12. The van der Waals surface area contributed by atoms with Gasteiger partial charge in [0.25, 0.3) is 0 Å². The summed E-state index contributed by atoms with van der Waals surface area (Å²) in [6.07, 6.45) is -2.88. The van der Waals surface area contributed by atoms with Gasteiger partial charge < -0.3 is 14.6 Å². The fourth-order valence-corrected chi connectivity index (χ4v) is 1.12. The monoisotopic (exact) mass is 247 g/mol. The maximum Gasteiger partial charge on any atom is 0.231 e. The minimum absolute atomic E-state index is 0.0227. The molecule has 1 heterocycles. The van der Waals surface area contributed by atoms with E-state index in [1.807, 2.05) is 0 Å². The third-order valence-electron chi connectivity index (χ3n) is 2.01. The number of benzene rings is 1. The first kappa shape index (κ1) is 3.75. The van der Waals surface area contributed by atoms with Gasteiger partial charge in [0.15, 0.2) is 11.5 Å². The van der Waals surface area contributed by atoms with Gasteiger partial charge in [0.05, 0.1) is 8.85 Å². The highest BCUT2D eigenvalue weighted by Crippen LogP contribution is 2.33. The van der Waals surface area contributed by atoms with E-state index >= 15 is 0 Å². The van der Waals surface area contributed by atoms with E-state index in [-0.39, 0.29) is 17.1 Å². The second-order valence-corrected chi connectivity index (χ2v) is 3.43. The first-order valence-corrected chi connectivity index (χ1v) is 4.64. The molecule has 0 aromatic heterocycles. The first-order chi connectivity index (χ1) is 13.3. The van der Waals surface area contributed by atoms with Gasteiger partial charge in [-0.3, -0.25) is 0 Å². The van der Waals surface area contributed by atoms with Crippen molar-refractivity contribution in [2.45, 2.75) is 26.7 Å². The largest absolute Gasteiger partial charge is 0.454 e. The normalized spacial score (nSPS) is 34.1. The Bertz CT molecular complexity index is 814. The van der Waals surface area contributed by atoms with Gasteiger partial charge in [0.1, 0.15) is 2.74 Å². The number of hydrogen-bond acceptors (Lipinski definition) is 3. The molecule has 92 valence electrons. The van der Waals surface area contributed by atoms with Crippen LogP contribution < -0.4 is 9.47 Å². The standard InChI is InChI=1S/C14H18O3/c1-14(2,3)13(15)7-5-10-4-6-11-12(8-10)17-9-16-11/h4-8,13,15H,9H2,1-3H3/b7-5+/i1D3,2D3,3D3,5D,7D,9D2. The molecule has 3 nitrogen and oxygen atoms in total. The van der Waals surface area contributed by atoms with Crippen LogP contribution >= 0.6 is 0 Å². The molecule has 0 spiro atoms. The van der Waals surface area contributed by atoms with Crippen molar-refractivity contribution < 1.29 is 32.4 Å². The third-order valence-corrected chi connectivity index (χ3v) is 2.01. The Hall–Kier alpha value is -1.48. The summed E-state index contributed by atoms with van der Waals surface area (Å²) in [4.78, 5) is 0. The van der Waals surface area contributed by atoms with E-state index in [1.165, 1.54) is 6.07 Å². The summed E-state index contributed by atoms with van der Waals surface area (Å²) in [5.74, 6) is -0.177. The van der Waals surface area contributed by atoms with E-state index in [0.29, 0.717) is 0 Å². The van der Waals surface area contributed by atoms with Crippen LogP contribution in [0.25, 0.3) is 6.05 Å². The maximum atomic E-state index is 10.6. The lowest BCUT2D eigenvalue weighted by atomic mass is 9.89. The van der Waals surface area contributed by atoms with Gasteiger partial charge in [-0.15, -0.1) is 0 Å². The van der Waals surface area contributed by atoms with Gasteiger partial charge in [0.2, 0.25) is 6.75 Å². The van der Waals surface area contributed by atoms with Crippen LogP contribution in [0.2, 0.25) is 0 Å². The van der Waals surface area contributed by atoms with Crippen LogP contribution in [0.1, 0.15) is 43.9 Å². The molecule has 1 unspecified atom stereocenters. The smallest absolute Gasteiger partial charge is 0.231 e. The summed E-state index contributed by atoms with van der Waals surface area (Å²) in [6.45, 7) is -13.7. The highest BCUT2D eigenvalue weighted by molar-refractivity contribution is 5.56. The summed E-state index contributed by atoms with van der Waals surface area (Å²) in [5.41, 5.74) is -3.92. The maximum absolute atomic E-state index is 10.6. The van der Waals surface area contributed by atoms with Gasteiger partial charge in [-0.1, -0.05) is 38.7 Å². The molecule has 0 amide bonds. The van der Waals surface area contributed by atoms with E-state index in [9.17, 15) is 5.11 Å². The quantitative estimate of drug-likeness (QED) is 0.873. The fraction of sp³-hybridized carbons (Fsp3) is 0.429. The number of ether oxygens (including phenoxy) is 2. The molecule has 1 aliphatic rings. The molecule has 0 aliphatic carbocycles. The highest BCUT2D eigenvalue weighted by Gasteiger charge is 2.19. The number of hydrogen-bond donors (Lipinski definition) is 1.